The lowest BCUT2D eigenvalue weighted by Gasteiger charge is -2.34. The Hall–Kier alpha value is -1.71. The summed E-state index contributed by atoms with van der Waals surface area (Å²) in [6.45, 7) is 23.6. The van der Waals surface area contributed by atoms with Crippen molar-refractivity contribution in [3.05, 3.63) is 0 Å². The fraction of sp³-hybridized carbons (Fsp3) is 0.946. The molecule has 0 aromatic heterocycles. The van der Waals surface area contributed by atoms with Crippen molar-refractivity contribution in [3.8, 4) is 0 Å². The summed E-state index contributed by atoms with van der Waals surface area (Å²) in [5.41, 5.74) is 0. The first-order chi connectivity index (χ1) is 31.9. The van der Waals surface area contributed by atoms with E-state index in [9.17, 15) is 14.4 Å². The molecular weight excluding hydrogens is 807 g/mol. The Morgan fingerprint density at radius 2 is 0.738 bits per heavy atom. The van der Waals surface area contributed by atoms with Crippen LogP contribution in [-0.4, -0.2) is 135 Å². The highest BCUT2D eigenvalue weighted by Crippen LogP contribution is 2.14. The van der Waals surface area contributed by atoms with Crippen LogP contribution in [0, 0.1) is 0 Å². The van der Waals surface area contributed by atoms with Crippen molar-refractivity contribution in [1.82, 2.24) is 24.5 Å². The summed E-state index contributed by atoms with van der Waals surface area (Å²) in [6, 6.07) is 0. The van der Waals surface area contributed by atoms with Crippen LogP contribution >= 0.6 is 0 Å². The highest BCUT2D eigenvalue weighted by atomic mass is 16.5. The zero-order valence-electron chi connectivity index (χ0n) is 44.7. The van der Waals surface area contributed by atoms with Gasteiger partial charge >= 0.3 is 5.97 Å². The second kappa shape index (κ2) is 50.2. The first kappa shape index (κ1) is 63.3. The van der Waals surface area contributed by atoms with Gasteiger partial charge in [0.2, 0.25) is 12.3 Å². The van der Waals surface area contributed by atoms with Crippen molar-refractivity contribution in [2.75, 3.05) is 92.2 Å². The Morgan fingerprint density at radius 1 is 0.415 bits per heavy atom. The minimum absolute atomic E-state index is 0.124. The molecule has 1 fully saturated rings. The lowest BCUT2D eigenvalue weighted by atomic mass is 10.1. The van der Waals surface area contributed by atoms with Gasteiger partial charge in [-0.3, -0.25) is 19.3 Å². The first-order valence-corrected chi connectivity index (χ1v) is 28.6. The number of unbranched alkanes of at least 4 members (excludes halogenated alkanes) is 28. The quantitative estimate of drug-likeness (QED) is 0.0342. The van der Waals surface area contributed by atoms with Gasteiger partial charge in [0, 0.05) is 45.7 Å². The summed E-state index contributed by atoms with van der Waals surface area (Å²) in [7, 11) is 1.45. The SMILES string of the molecule is CCCCCCCCCN(CC)CCCCCCCCC.CCCCCCCCCN(CCCCCCCCC)CCN(CCCCCCCC(=O)OC)CC(=O)N1CCN(C=O)CC1. The lowest BCUT2D eigenvalue weighted by molar-refractivity contribution is -0.140. The maximum absolute atomic E-state index is 13.3. The fourth-order valence-electron chi connectivity index (χ4n) is 9.09. The van der Waals surface area contributed by atoms with Gasteiger partial charge in [-0.15, -0.1) is 0 Å². The molecule has 0 aromatic carbocycles. The predicted molar refractivity (Wildman–Crippen MR) is 281 cm³/mol. The second-order valence-electron chi connectivity index (χ2n) is 19.7. The van der Waals surface area contributed by atoms with E-state index in [0.29, 0.717) is 39.1 Å². The van der Waals surface area contributed by atoms with Crippen molar-refractivity contribution in [2.24, 2.45) is 0 Å². The zero-order valence-corrected chi connectivity index (χ0v) is 44.7. The highest BCUT2D eigenvalue weighted by molar-refractivity contribution is 5.78. The number of rotatable bonds is 47. The number of methoxy groups -OCH3 is 1. The van der Waals surface area contributed by atoms with Gasteiger partial charge in [-0.1, -0.05) is 208 Å². The molecule has 0 radical (unpaired) electrons. The lowest BCUT2D eigenvalue weighted by Crippen LogP contribution is -2.51. The van der Waals surface area contributed by atoms with Gasteiger partial charge in [0.05, 0.1) is 13.7 Å². The molecule has 1 saturated heterocycles. The van der Waals surface area contributed by atoms with Crippen molar-refractivity contribution in [1.29, 1.82) is 0 Å². The van der Waals surface area contributed by atoms with Gasteiger partial charge in [-0.2, -0.15) is 0 Å². The highest BCUT2D eigenvalue weighted by Gasteiger charge is 2.22. The van der Waals surface area contributed by atoms with E-state index in [2.05, 4.69) is 49.3 Å². The van der Waals surface area contributed by atoms with Gasteiger partial charge < -0.3 is 24.3 Å². The molecule has 0 aromatic rings. The Balaban J connectivity index is 0.00000163. The molecule has 0 unspecified atom stereocenters. The minimum Gasteiger partial charge on any atom is -0.469 e. The maximum Gasteiger partial charge on any atom is 0.305 e. The third-order valence-corrected chi connectivity index (χ3v) is 13.7. The van der Waals surface area contributed by atoms with Crippen LogP contribution in [0.5, 0.6) is 0 Å². The largest absolute Gasteiger partial charge is 0.469 e. The number of carbonyl (C=O) groups excluding carboxylic acids is 3. The van der Waals surface area contributed by atoms with Crippen molar-refractivity contribution in [2.45, 2.75) is 253 Å². The van der Waals surface area contributed by atoms with Crippen LogP contribution in [0.25, 0.3) is 0 Å². The van der Waals surface area contributed by atoms with Crippen LogP contribution in [0.3, 0.4) is 0 Å². The van der Waals surface area contributed by atoms with Crippen LogP contribution in [0.1, 0.15) is 253 Å². The Bertz CT molecular complexity index is 973. The van der Waals surface area contributed by atoms with Gasteiger partial charge in [-0.25, -0.2) is 0 Å². The summed E-state index contributed by atoms with van der Waals surface area (Å²) in [5, 5.41) is 0. The van der Waals surface area contributed by atoms with E-state index in [4.69, 9.17) is 4.74 Å². The molecule has 0 atom stereocenters. The molecule has 9 heteroatoms. The number of nitrogens with zero attached hydrogens (tertiary/aromatic N) is 5. The molecule has 65 heavy (non-hydrogen) atoms. The predicted octanol–water partition coefficient (Wildman–Crippen LogP) is 13.7. The number of hydrogen-bond acceptors (Lipinski definition) is 7. The standard InChI is InChI=1S/C36H70N4O4.C20H43N/c1-4-6-8-10-12-16-20-24-37(25-21-17-13-11-9-7-5-2)27-28-38(26-22-18-14-15-19-23-36(43)44-3)33-35(42)40-31-29-39(34-41)30-32-40;1-4-7-9-11-13-15-17-19-21(6-3)20-18-16-14-12-10-8-5-2/h34H,4-33H2,1-3H3;4-20H2,1-3H3. The van der Waals surface area contributed by atoms with Crippen molar-refractivity contribution >= 4 is 18.3 Å². The molecule has 0 N–H and O–H groups in total. The third-order valence-electron chi connectivity index (χ3n) is 13.7. The van der Waals surface area contributed by atoms with E-state index in [1.807, 2.05) is 4.90 Å². The van der Waals surface area contributed by atoms with E-state index in [1.54, 1.807) is 4.90 Å². The molecule has 1 aliphatic heterocycles. The molecule has 9 nitrogen and oxygen atoms in total. The molecule has 1 rings (SSSR count). The van der Waals surface area contributed by atoms with Crippen molar-refractivity contribution in [3.63, 3.8) is 0 Å². The Labute approximate surface area is 405 Å². The summed E-state index contributed by atoms with van der Waals surface area (Å²) in [4.78, 5) is 47.2. The van der Waals surface area contributed by atoms with Crippen LogP contribution in [0.15, 0.2) is 0 Å². The summed E-state index contributed by atoms with van der Waals surface area (Å²) >= 11 is 0. The molecule has 0 bridgehead atoms. The molecule has 0 saturated carbocycles. The Kier molecular flexibility index (Phi) is 48.9. The average Bonchev–Trinajstić information content (AvgIpc) is 3.33. The van der Waals surface area contributed by atoms with E-state index in [0.717, 1.165) is 58.1 Å². The van der Waals surface area contributed by atoms with E-state index in [1.165, 1.54) is 220 Å². The van der Waals surface area contributed by atoms with Crippen LogP contribution < -0.4 is 0 Å². The fourth-order valence-corrected chi connectivity index (χ4v) is 9.09. The number of hydrogen-bond donors (Lipinski definition) is 0. The van der Waals surface area contributed by atoms with E-state index in [-0.39, 0.29) is 11.9 Å². The van der Waals surface area contributed by atoms with Crippen LogP contribution in [0.4, 0.5) is 0 Å². The third kappa shape index (κ3) is 42.2. The van der Waals surface area contributed by atoms with Gasteiger partial charge in [0.1, 0.15) is 0 Å². The molecule has 0 spiro atoms. The number of ether oxygens (including phenoxy) is 1. The molecule has 386 valence electrons. The summed E-state index contributed by atoms with van der Waals surface area (Å²) < 4.78 is 4.75. The topological polar surface area (TPSA) is 76.6 Å². The van der Waals surface area contributed by atoms with Crippen LogP contribution in [-0.2, 0) is 19.1 Å². The number of amides is 2. The minimum atomic E-state index is -0.124. The molecular formula is C56H113N5O4. The molecule has 1 heterocycles. The first-order valence-electron chi connectivity index (χ1n) is 28.6. The number of carbonyl (C=O) groups is 3. The normalized spacial score (nSPS) is 12.9. The summed E-state index contributed by atoms with van der Waals surface area (Å²) in [5.74, 6) is 0.0699. The van der Waals surface area contributed by atoms with Crippen molar-refractivity contribution < 1.29 is 19.1 Å². The molecule has 0 aliphatic carbocycles. The number of esters is 1. The monoisotopic (exact) mass is 920 g/mol. The van der Waals surface area contributed by atoms with E-state index < -0.39 is 0 Å². The Morgan fingerprint density at radius 3 is 1.09 bits per heavy atom. The zero-order chi connectivity index (χ0) is 47.7. The molecule has 1 aliphatic rings. The second-order valence-corrected chi connectivity index (χ2v) is 19.7. The average molecular weight is 921 g/mol. The smallest absolute Gasteiger partial charge is 0.305 e. The maximum atomic E-state index is 13.3. The number of piperazine rings is 1. The van der Waals surface area contributed by atoms with Crippen LogP contribution in [0.2, 0.25) is 0 Å². The van der Waals surface area contributed by atoms with Gasteiger partial charge in [0.25, 0.3) is 0 Å². The summed E-state index contributed by atoms with van der Waals surface area (Å²) in [6.07, 6.45) is 45.3. The van der Waals surface area contributed by atoms with Gasteiger partial charge in [0.15, 0.2) is 0 Å². The van der Waals surface area contributed by atoms with Gasteiger partial charge in [-0.05, 0) is 77.8 Å². The van der Waals surface area contributed by atoms with E-state index >= 15 is 0 Å². The molecule has 2 amide bonds.